The van der Waals surface area contributed by atoms with Crippen molar-refractivity contribution in [1.29, 1.82) is 0 Å². The summed E-state index contributed by atoms with van der Waals surface area (Å²) in [6.45, 7) is 3.67. The summed E-state index contributed by atoms with van der Waals surface area (Å²) in [6.07, 6.45) is -2.47. The summed E-state index contributed by atoms with van der Waals surface area (Å²) < 4.78 is 45.0. The van der Waals surface area contributed by atoms with E-state index >= 15 is 0 Å². The van der Waals surface area contributed by atoms with Crippen molar-refractivity contribution in [3.8, 4) is 0 Å². The van der Waals surface area contributed by atoms with Crippen molar-refractivity contribution in [3.63, 3.8) is 0 Å². The maximum absolute atomic E-state index is 13.3. The van der Waals surface area contributed by atoms with Gasteiger partial charge in [0.1, 0.15) is 6.04 Å². The lowest BCUT2D eigenvalue weighted by atomic mass is 10.1. The van der Waals surface area contributed by atoms with Gasteiger partial charge in [-0.2, -0.15) is 13.2 Å². The van der Waals surface area contributed by atoms with Gasteiger partial charge in [-0.1, -0.05) is 6.58 Å². The van der Waals surface area contributed by atoms with Gasteiger partial charge < -0.3 is 9.64 Å². The Morgan fingerprint density at radius 3 is 2.77 bits per heavy atom. The predicted octanol–water partition coefficient (Wildman–Crippen LogP) is 3.75. The van der Waals surface area contributed by atoms with Crippen LogP contribution >= 0.6 is 11.3 Å². The summed E-state index contributed by atoms with van der Waals surface area (Å²) in [5.41, 5.74) is 0.892. The largest absolute Gasteiger partial charge is 0.409 e. The van der Waals surface area contributed by atoms with Gasteiger partial charge >= 0.3 is 6.18 Å². The van der Waals surface area contributed by atoms with E-state index in [2.05, 4.69) is 6.58 Å². The van der Waals surface area contributed by atoms with E-state index in [-0.39, 0.29) is 6.54 Å². The van der Waals surface area contributed by atoms with E-state index in [0.717, 1.165) is 16.5 Å². The molecule has 1 aliphatic carbocycles. The van der Waals surface area contributed by atoms with Crippen LogP contribution in [0.3, 0.4) is 0 Å². The number of hydrogen-bond donors (Lipinski definition) is 0. The molecule has 1 heterocycles. The molecule has 1 aliphatic rings. The van der Waals surface area contributed by atoms with Crippen molar-refractivity contribution in [1.82, 2.24) is 4.90 Å². The fraction of sp³-hybridized carbons (Fsp3) is 0.533. The van der Waals surface area contributed by atoms with Crippen molar-refractivity contribution < 1.29 is 22.7 Å². The highest BCUT2D eigenvalue weighted by molar-refractivity contribution is 7.10. The normalized spacial score (nSPS) is 16.4. The van der Waals surface area contributed by atoms with Crippen LogP contribution in [0.15, 0.2) is 24.1 Å². The maximum Gasteiger partial charge on any atom is 0.409 e. The van der Waals surface area contributed by atoms with Crippen molar-refractivity contribution in [2.24, 2.45) is 5.92 Å². The summed E-state index contributed by atoms with van der Waals surface area (Å²) in [7, 11) is 1.55. The third-order valence-electron chi connectivity index (χ3n) is 3.54. The van der Waals surface area contributed by atoms with Gasteiger partial charge in [0.05, 0.1) is 13.2 Å². The molecule has 1 aromatic rings. The Kier molecular flexibility index (Phi) is 5.28. The molecule has 0 spiro atoms. The minimum atomic E-state index is -4.42. The third-order valence-corrected chi connectivity index (χ3v) is 4.51. The number of hydrogen-bond acceptors (Lipinski definition) is 3. The van der Waals surface area contributed by atoms with Gasteiger partial charge in [0.25, 0.3) is 0 Å². The van der Waals surface area contributed by atoms with Crippen molar-refractivity contribution in [3.05, 3.63) is 34.5 Å². The number of thiophene rings is 1. The van der Waals surface area contributed by atoms with E-state index in [0.29, 0.717) is 24.3 Å². The molecule has 0 aromatic carbocycles. The molecule has 0 N–H and O–H groups in total. The third kappa shape index (κ3) is 4.10. The molecule has 3 nitrogen and oxygen atoms in total. The number of halogens is 3. The number of carbonyl (C=O) groups is 1. The molecule has 0 aliphatic heterocycles. The fourth-order valence-electron chi connectivity index (χ4n) is 2.46. The first-order valence-electron chi connectivity index (χ1n) is 6.91. The van der Waals surface area contributed by atoms with Crippen LogP contribution in [0.2, 0.25) is 0 Å². The van der Waals surface area contributed by atoms with Crippen LogP contribution in [0.25, 0.3) is 0 Å². The highest BCUT2D eigenvalue weighted by Gasteiger charge is 2.53. The minimum absolute atomic E-state index is 0.0556. The molecule has 1 fully saturated rings. The number of carbonyl (C=O) groups excluding carboxylic acids is 1. The van der Waals surface area contributed by atoms with Crippen LogP contribution in [0.1, 0.15) is 23.3 Å². The Labute approximate surface area is 131 Å². The lowest BCUT2D eigenvalue weighted by Gasteiger charge is -2.32. The Morgan fingerprint density at radius 2 is 2.27 bits per heavy atom. The number of alkyl halides is 3. The number of amides is 1. The molecule has 122 valence electrons. The molecule has 7 heteroatoms. The Morgan fingerprint density at radius 1 is 1.59 bits per heavy atom. The highest BCUT2D eigenvalue weighted by Crippen LogP contribution is 2.43. The zero-order valence-electron chi connectivity index (χ0n) is 12.2. The lowest BCUT2D eigenvalue weighted by Crippen LogP contribution is -2.49. The molecule has 1 atom stereocenters. The first-order chi connectivity index (χ1) is 10.4. The predicted molar refractivity (Wildman–Crippen MR) is 78.3 cm³/mol. The summed E-state index contributed by atoms with van der Waals surface area (Å²) in [5, 5.41) is 1.83. The Hall–Kier alpha value is -1.34. The summed E-state index contributed by atoms with van der Waals surface area (Å²) in [4.78, 5) is 13.6. The van der Waals surface area contributed by atoms with Gasteiger partial charge in [0.15, 0.2) is 0 Å². The molecular formula is C15H18F3NO2S. The van der Waals surface area contributed by atoms with E-state index in [1.165, 1.54) is 11.3 Å². The molecule has 0 radical (unpaired) electrons. The van der Waals surface area contributed by atoms with Crippen molar-refractivity contribution in [2.45, 2.75) is 38.2 Å². The van der Waals surface area contributed by atoms with Crippen molar-refractivity contribution >= 4 is 17.2 Å². The quantitative estimate of drug-likeness (QED) is 0.711. The zero-order valence-corrected chi connectivity index (χ0v) is 13.0. The molecule has 2 rings (SSSR count). The molecule has 1 saturated carbocycles. The van der Waals surface area contributed by atoms with Crippen LogP contribution in [-0.4, -0.2) is 30.1 Å². The number of methoxy groups -OCH3 is 1. The molecular weight excluding hydrogens is 315 g/mol. The SMILES string of the molecule is C=CC(=O)N(Cc1cc(COC)cs1)C(C1CC1)C(F)(F)F. The molecule has 1 amide bonds. The molecule has 1 unspecified atom stereocenters. The standard InChI is InChI=1S/C15H18F3NO2S/c1-3-13(20)19(14(11-4-5-11)15(16,17)18)7-12-6-10(8-21-2)9-22-12/h3,6,9,11,14H,1,4-5,7-8H2,2H3. The van der Waals surface area contributed by atoms with Crippen molar-refractivity contribution in [2.75, 3.05) is 7.11 Å². The van der Waals surface area contributed by atoms with E-state index in [1.54, 1.807) is 13.2 Å². The fourth-order valence-corrected chi connectivity index (χ4v) is 3.33. The first kappa shape index (κ1) is 17.0. The monoisotopic (exact) mass is 333 g/mol. The van der Waals surface area contributed by atoms with Crippen LogP contribution < -0.4 is 0 Å². The minimum Gasteiger partial charge on any atom is -0.380 e. The Balaban J connectivity index is 2.21. The summed E-state index contributed by atoms with van der Waals surface area (Å²) >= 11 is 1.33. The first-order valence-corrected chi connectivity index (χ1v) is 7.79. The second-order valence-corrected chi connectivity index (χ2v) is 6.34. The van der Waals surface area contributed by atoms with Gasteiger partial charge in [-0.15, -0.1) is 11.3 Å². The maximum atomic E-state index is 13.3. The van der Waals surface area contributed by atoms with Crippen LogP contribution in [-0.2, 0) is 22.7 Å². The van der Waals surface area contributed by atoms with E-state index < -0.39 is 24.0 Å². The molecule has 0 saturated heterocycles. The average Bonchev–Trinajstić information content (AvgIpc) is 3.16. The number of ether oxygens (including phenoxy) is 1. The van der Waals surface area contributed by atoms with Gasteiger partial charge in [-0.05, 0) is 41.8 Å². The van der Waals surface area contributed by atoms with Crippen LogP contribution in [0.4, 0.5) is 13.2 Å². The average molecular weight is 333 g/mol. The van der Waals surface area contributed by atoms with E-state index in [4.69, 9.17) is 4.74 Å². The summed E-state index contributed by atoms with van der Waals surface area (Å²) in [5.74, 6) is -1.18. The van der Waals surface area contributed by atoms with Crippen LogP contribution in [0.5, 0.6) is 0 Å². The van der Waals surface area contributed by atoms with E-state index in [9.17, 15) is 18.0 Å². The second kappa shape index (κ2) is 6.83. The smallest absolute Gasteiger partial charge is 0.380 e. The van der Waals surface area contributed by atoms with Gasteiger partial charge in [0.2, 0.25) is 5.91 Å². The van der Waals surface area contributed by atoms with E-state index in [1.807, 2.05) is 5.38 Å². The topological polar surface area (TPSA) is 29.5 Å². The van der Waals surface area contributed by atoms with Gasteiger partial charge in [0, 0.05) is 12.0 Å². The molecule has 1 aromatic heterocycles. The van der Waals surface area contributed by atoms with Crippen LogP contribution in [0, 0.1) is 5.92 Å². The zero-order chi connectivity index (χ0) is 16.3. The van der Waals surface area contributed by atoms with Gasteiger partial charge in [-0.25, -0.2) is 0 Å². The molecule has 22 heavy (non-hydrogen) atoms. The number of rotatable bonds is 7. The second-order valence-electron chi connectivity index (χ2n) is 5.35. The highest BCUT2D eigenvalue weighted by atomic mass is 32.1. The summed E-state index contributed by atoms with van der Waals surface area (Å²) in [6, 6.07) is 0.0451. The molecule has 0 bridgehead atoms. The van der Waals surface area contributed by atoms with Gasteiger partial charge in [-0.3, -0.25) is 4.79 Å². The Bertz CT molecular complexity index is 537. The number of nitrogens with zero attached hydrogens (tertiary/aromatic N) is 1. The lowest BCUT2D eigenvalue weighted by molar-refractivity contribution is -0.194.